The van der Waals surface area contributed by atoms with Crippen molar-refractivity contribution in [2.45, 2.75) is 96.9 Å². The van der Waals surface area contributed by atoms with Crippen LogP contribution in [0.3, 0.4) is 0 Å². The van der Waals surface area contributed by atoms with E-state index >= 15 is 0 Å². The zero-order chi connectivity index (χ0) is 32.4. The minimum Gasteiger partial charge on any atom is -0.445 e. The third-order valence-electron chi connectivity index (χ3n) is 8.18. The summed E-state index contributed by atoms with van der Waals surface area (Å²) in [5.74, 6) is -0.104. The smallest absolute Gasteiger partial charge is 0.407 e. The van der Waals surface area contributed by atoms with E-state index in [-0.39, 0.29) is 25.2 Å². The molecule has 1 saturated heterocycles. The highest BCUT2D eigenvalue weighted by atomic mass is 16.5. The van der Waals surface area contributed by atoms with Gasteiger partial charge in [0.25, 0.3) is 0 Å². The van der Waals surface area contributed by atoms with Gasteiger partial charge in [-0.3, -0.25) is 14.7 Å². The van der Waals surface area contributed by atoms with Gasteiger partial charge in [-0.05, 0) is 93.8 Å². The highest BCUT2D eigenvalue weighted by Gasteiger charge is 2.37. The maximum Gasteiger partial charge on any atom is 0.407 e. The zero-order valence-corrected chi connectivity index (χ0v) is 27.2. The molecule has 1 fully saturated rings. The third-order valence-corrected chi connectivity index (χ3v) is 8.18. The molecule has 0 spiro atoms. The molecule has 45 heavy (non-hydrogen) atoms. The maximum atomic E-state index is 13.6. The van der Waals surface area contributed by atoms with E-state index in [0.717, 1.165) is 27.8 Å². The van der Waals surface area contributed by atoms with Crippen LogP contribution < -0.4 is 10.6 Å². The molecule has 1 aromatic heterocycles. The number of amides is 2. The first-order valence-corrected chi connectivity index (χ1v) is 15.8. The molecule has 0 saturated carbocycles. The Balaban J connectivity index is 1.45. The van der Waals surface area contributed by atoms with Gasteiger partial charge in [0.15, 0.2) is 0 Å². The molecule has 2 heterocycles. The van der Waals surface area contributed by atoms with Crippen molar-refractivity contribution in [3.63, 3.8) is 0 Å². The molecule has 0 radical (unpaired) electrons. The van der Waals surface area contributed by atoms with Crippen molar-refractivity contribution in [1.82, 2.24) is 20.5 Å². The predicted octanol–water partition coefficient (Wildman–Crippen LogP) is 4.86. The number of ether oxygens (including phenoxy) is 2. The number of hydrogen-bond donors (Lipinski definition) is 3. The number of aliphatic hydroxyl groups is 1. The number of piperidine rings is 1. The molecule has 4 atom stereocenters. The van der Waals surface area contributed by atoms with Gasteiger partial charge in [0.1, 0.15) is 6.61 Å². The number of carbonyl (C=O) groups excluding carboxylic acids is 2. The number of nitrogens with zero attached hydrogens (tertiary/aromatic N) is 2. The number of hydrogen-bond acceptors (Lipinski definition) is 7. The molecule has 2 amide bonds. The maximum absolute atomic E-state index is 13.6. The van der Waals surface area contributed by atoms with Crippen LogP contribution in [-0.4, -0.2) is 69.9 Å². The number of benzene rings is 2. The fourth-order valence-electron chi connectivity index (χ4n) is 5.70. The highest BCUT2D eigenvalue weighted by Crippen LogP contribution is 2.24. The summed E-state index contributed by atoms with van der Waals surface area (Å²) in [6.07, 6.45) is 3.43. The standard InChI is InChI=1S/C36H48N4O5/c1-25-10-9-11-26(2)30(25)24-45-35(43)38-31(20-27-12-7-6-8-13-27)33(41)22-40-19-16-29(44-23-28-14-17-37-18-15-28)21-32(40)34(42)39-36(3,4)5/h6-15,17-18,29,31-33,41H,16,19-24H2,1-5H3,(H,38,43)(H,39,42)/t29-,31+,32+,33-/m1/s1. The summed E-state index contributed by atoms with van der Waals surface area (Å²) in [5.41, 5.74) is 4.66. The van der Waals surface area contributed by atoms with Crippen LogP contribution in [-0.2, 0) is 33.9 Å². The summed E-state index contributed by atoms with van der Waals surface area (Å²) in [5, 5.41) is 17.7. The summed E-state index contributed by atoms with van der Waals surface area (Å²) in [7, 11) is 0. The van der Waals surface area contributed by atoms with Crippen molar-refractivity contribution in [1.29, 1.82) is 0 Å². The molecular formula is C36H48N4O5. The van der Waals surface area contributed by atoms with Crippen molar-refractivity contribution in [3.05, 3.63) is 101 Å². The number of alkyl carbamates (subject to hydrolysis) is 1. The van der Waals surface area contributed by atoms with Crippen LogP contribution in [0.15, 0.2) is 73.1 Å². The van der Waals surface area contributed by atoms with Gasteiger partial charge in [-0.15, -0.1) is 0 Å². The second-order valence-electron chi connectivity index (χ2n) is 13.0. The van der Waals surface area contributed by atoms with Gasteiger partial charge in [0.2, 0.25) is 5.91 Å². The number of β-amino-alcohol motifs (C(OH)–C–C–N with tert-alkyl or cyclic N) is 1. The van der Waals surface area contributed by atoms with Crippen LogP contribution >= 0.6 is 0 Å². The molecule has 1 aliphatic heterocycles. The van der Waals surface area contributed by atoms with Gasteiger partial charge in [-0.2, -0.15) is 0 Å². The fourth-order valence-corrected chi connectivity index (χ4v) is 5.70. The first-order valence-electron chi connectivity index (χ1n) is 15.8. The van der Waals surface area contributed by atoms with Gasteiger partial charge in [0.05, 0.1) is 30.9 Å². The van der Waals surface area contributed by atoms with E-state index in [2.05, 4.69) is 15.6 Å². The molecule has 0 bridgehead atoms. The normalized spacial score (nSPS) is 18.5. The van der Waals surface area contributed by atoms with Crippen molar-refractivity contribution in [3.8, 4) is 0 Å². The molecule has 3 aromatic rings. The molecule has 3 N–H and O–H groups in total. The second-order valence-corrected chi connectivity index (χ2v) is 13.0. The lowest BCUT2D eigenvalue weighted by Gasteiger charge is -2.41. The molecule has 1 aliphatic rings. The lowest BCUT2D eigenvalue weighted by Crippen LogP contribution is -2.59. The molecule has 9 heteroatoms. The van der Waals surface area contributed by atoms with Crippen molar-refractivity contribution >= 4 is 12.0 Å². The highest BCUT2D eigenvalue weighted by molar-refractivity contribution is 5.82. The molecule has 4 rings (SSSR count). The Hall–Kier alpha value is -3.79. The SMILES string of the molecule is Cc1cccc(C)c1COC(=O)N[C@@H](Cc1ccccc1)[C@H](O)CN1CC[C@@H](OCc2ccncc2)C[C@H]1C(=O)NC(C)(C)C. The van der Waals surface area contributed by atoms with Crippen LogP contribution in [0.25, 0.3) is 0 Å². The Labute approximate surface area is 267 Å². The van der Waals surface area contributed by atoms with E-state index in [4.69, 9.17) is 9.47 Å². The third kappa shape index (κ3) is 10.7. The lowest BCUT2D eigenvalue weighted by atomic mass is 9.95. The van der Waals surface area contributed by atoms with Gasteiger partial charge < -0.3 is 25.2 Å². The number of likely N-dealkylation sites (tertiary alicyclic amines) is 1. The van der Waals surface area contributed by atoms with E-state index in [1.807, 2.05) is 100 Å². The first kappa shape index (κ1) is 34.1. The van der Waals surface area contributed by atoms with E-state index in [1.165, 1.54) is 0 Å². The molecule has 9 nitrogen and oxygen atoms in total. The quantitative estimate of drug-likeness (QED) is 0.266. The van der Waals surface area contributed by atoms with Gasteiger partial charge in [-0.1, -0.05) is 48.5 Å². The minimum absolute atomic E-state index is 0.104. The van der Waals surface area contributed by atoms with E-state index in [1.54, 1.807) is 12.4 Å². The van der Waals surface area contributed by atoms with Crippen molar-refractivity contribution in [2.75, 3.05) is 13.1 Å². The minimum atomic E-state index is -0.961. The lowest BCUT2D eigenvalue weighted by molar-refractivity contribution is -0.133. The number of carbonyl (C=O) groups is 2. The number of pyridine rings is 1. The molecule has 242 valence electrons. The average Bonchev–Trinajstić information content (AvgIpc) is 3.00. The Morgan fingerprint density at radius 1 is 0.978 bits per heavy atom. The molecular weight excluding hydrogens is 568 g/mol. The number of aryl methyl sites for hydroxylation is 2. The summed E-state index contributed by atoms with van der Waals surface area (Å²) in [6, 6.07) is 18.4. The average molecular weight is 617 g/mol. The molecule has 0 aliphatic carbocycles. The largest absolute Gasteiger partial charge is 0.445 e. The van der Waals surface area contributed by atoms with Gasteiger partial charge in [-0.25, -0.2) is 4.79 Å². The van der Waals surface area contributed by atoms with E-state index < -0.39 is 29.8 Å². The second kappa shape index (κ2) is 16.0. The summed E-state index contributed by atoms with van der Waals surface area (Å²) < 4.78 is 11.9. The fraction of sp³-hybridized carbons (Fsp3) is 0.472. The monoisotopic (exact) mass is 616 g/mol. The molecule has 0 unspecified atom stereocenters. The van der Waals surface area contributed by atoms with Crippen LogP contribution in [0.4, 0.5) is 4.79 Å². The predicted molar refractivity (Wildman–Crippen MR) is 174 cm³/mol. The van der Waals surface area contributed by atoms with E-state index in [9.17, 15) is 14.7 Å². The Morgan fingerprint density at radius 2 is 1.67 bits per heavy atom. The topological polar surface area (TPSA) is 113 Å². The number of nitrogens with one attached hydrogen (secondary N) is 2. The number of aliphatic hydroxyl groups excluding tert-OH is 1. The van der Waals surface area contributed by atoms with Crippen LogP contribution in [0.2, 0.25) is 0 Å². The summed E-state index contributed by atoms with van der Waals surface area (Å²) in [4.78, 5) is 32.7. The number of aromatic nitrogens is 1. The van der Waals surface area contributed by atoms with Gasteiger partial charge >= 0.3 is 6.09 Å². The first-order chi connectivity index (χ1) is 21.5. The van der Waals surface area contributed by atoms with Crippen molar-refractivity contribution < 1.29 is 24.2 Å². The Morgan fingerprint density at radius 3 is 2.33 bits per heavy atom. The van der Waals surface area contributed by atoms with Crippen molar-refractivity contribution in [2.24, 2.45) is 0 Å². The Kier molecular flexibility index (Phi) is 12.1. The zero-order valence-electron chi connectivity index (χ0n) is 27.2. The van der Waals surface area contributed by atoms with E-state index in [0.29, 0.717) is 32.4 Å². The Bertz CT molecular complexity index is 1360. The van der Waals surface area contributed by atoms with Crippen LogP contribution in [0.5, 0.6) is 0 Å². The molecule has 2 aromatic carbocycles. The summed E-state index contributed by atoms with van der Waals surface area (Å²) in [6.45, 7) is 11.2. The van der Waals surface area contributed by atoms with Crippen LogP contribution in [0, 0.1) is 13.8 Å². The van der Waals surface area contributed by atoms with Crippen LogP contribution in [0.1, 0.15) is 61.4 Å². The van der Waals surface area contributed by atoms with Gasteiger partial charge in [0, 0.05) is 31.0 Å². The summed E-state index contributed by atoms with van der Waals surface area (Å²) >= 11 is 0. The number of rotatable bonds is 12.